The second-order valence-corrected chi connectivity index (χ2v) is 4.42. The van der Waals surface area contributed by atoms with E-state index >= 15 is 0 Å². The van der Waals surface area contributed by atoms with Crippen LogP contribution in [0.4, 0.5) is 17.6 Å². The Kier molecular flexibility index (Phi) is 3.97. The van der Waals surface area contributed by atoms with Crippen LogP contribution in [0.5, 0.6) is 0 Å². The molecule has 2 nitrogen and oxygen atoms in total. The van der Waals surface area contributed by atoms with E-state index in [0.29, 0.717) is 0 Å². The van der Waals surface area contributed by atoms with Crippen molar-refractivity contribution < 1.29 is 27.5 Å². The molecule has 2 aromatic carbocycles. The molecule has 2 rings (SSSR count). The van der Waals surface area contributed by atoms with Gasteiger partial charge in [-0.25, -0.2) is 4.39 Å². The van der Waals surface area contributed by atoms with Crippen molar-refractivity contribution in [3.05, 3.63) is 59.4 Å². The standard InChI is InChI=1S/C15H10F4O2/c16-13-6-5-9(7-10(13)8-14(20)21)11-3-1-2-4-12(11)15(17,18)19/h1-7H,8H2,(H,20,21). The third kappa shape index (κ3) is 3.39. The highest BCUT2D eigenvalue weighted by Gasteiger charge is 2.33. The number of carboxylic acid groups (broad SMARTS) is 1. The maximum absolute atomic E-state index is 13.5. The molecule has 0 heterocycles. The van der Waals surface area contributed by atoms with Gasteiger partial charge in [-0.2, -0.15) is 13.2 Å². The lowest BCUT2D eigenvalue weighted by atomic mass is 9.97. The predicted molar refractivity (Wildman–Crippen MR) is 68.2 cm³/mol. The molecule has 110 valence electrons. The summed E-state index contributed by atoms with van der Waals surface area (Å²) in [5.74, 6) is -2.01. The summed E-state index contributed by atoms with van der Waals surface area (Å²) in [7, 11) is 0. The van der Waals surface area contributed by atoms with Gasteiger partial charge >= 0.3 is 12.1 Å². The normalized spacial score (nSPS) is 11.4. The smallest absolute Gasteiger partial charge is 0.417 e. The van der Waals surface area contributed by atoms with Gasteiger partial charge in [0.1, 0.15) is 5.82 Å². The Morgan fingerprint density at radius 2 is 1.76 bits per heavy atom. The van der Waals surface area contributed by atoms with E-state index in [0.717, 1.165) is 18.2 Å². The molecular formula is C15H10F4O2. The van der Waals surface area contributed by atoms with Crippen LogP contribution in [0, 0.1) is 5.82 Å². The summed E-state index contributed by atoms with van der Waals surface area (Å²) < 4.78 is 52.4. The van der Waals surface area contributed by atoms with Crippen LogP contribution in [0.15, 0.2) is 42.5 Å². The fourth-order valence-electron chi connectivity index (χ4n) is 2.02. The van der Waals surface area contributed by atoms with Crippen LogP contribution in [0.2, 0.25) is 0 Å². The highest BCUT2D eigenvalue weighted by Crippen LogP contribution is 2.37. The summed E-state index contributed by atoms with van der Waals surface area (Å²) >= 11 is 0. The van der Waals surface area contributed by atoms with Crippen LogP contribution in [0.25, 0.3) is 11.1 Å². The molecule has 0 unspecified atom stereocenters. The quantitative estimate of drug-likeness (QED) is 0.865. The zero-order chi connectivity index (χ0) is 15.6. The van der Waals surface area contributed by atoms with Crippen LogP contribution in [0.3, 0.4) is 0 Å². The van der Waals surface area contributed by atoms with Gasteiger partial charge in [-0.3, -0.25) is 4.79 Å². The van der Waals surface area contributed by atoms with Crippen LogP contribution in [0.1, 0.15) is 11.1 Å². The monoisotopic (exact) mass is 298 g/mol. The van der Waals surface area contributed by atoms with E-state index in [2.05, 4.69) is 0 Å². The highest BCUT2D eigenvalue weighted by atomic mass is 19.4. The molecule has 0 amide bonds. The largest absolute Gasteiger partial charge is 0.481 e. The lowest BCUT2D eigenvalue weighted by Crippen LogP contribution is -2.07. The lowest BCUT2D eigenvalue weighted by molar-refractivity contribution is -0.137. The zero-order valence-corrected chi connectivity index (χ0v) is 10.6. The number of rotatable bonds is 3. The molecule has 0 saturated heterocycles. The number of aliphatic carboxylic acids is 1. The molecule has 0 aliphatic heterocycles. The molecule has 21 heavy (non-hydrogen) atoms. The van der Waals surface area contributed by atoms with Crippen LogP contribution in [-0.2, 0) is 17.4 Å². The summed E-state index contributed by atoms with van der Waals surface area (Å²) in [4.78, 5) is 10.6. The van der Waals surface area contributed by atoms with Gasteiger partial charge in [0.2, 0.25) is 0 Å². The van der Waals surface area contributed by atoms with Crippen LogP contribution < -0.4 is 0 Å². The molecule has 0 aliphatic rings. The first-order valence-electron chi connectivity index (χ1n) is 5.96. The van der Waals surface area contributed by atoms with Gasteiger partial charge in [-0.05, 0) is 34.9 Å². The van der Waals surface area contributed by atoms with Crippen molar-refractivity contribution in [1.29, 1.82) is 0 Å². The topological polar surface area (TPSA) is 37.3 Å². The molecule has 0 aliphatic carbocycles. The maximum Gasteiger partial charge on any atom is 0.417 e. The van der Waals surface area contributed by atoms with E-state index in [1.165, 1.54) is 24.3 Å². The van der Waals surface area contributed by atoms with Crippen molar-refractivity contribution in [3.63, 3.8) is 0 Å². The number of carboxylic acids is 1. The lowest BCUT2D eigenvalue weighted by Gasteiger charge is -2.13. The summed E-state index contributed by atoms with van der Waals surface area (Å²) in [6, 6.07) is 8.19. The first-order chi connectivity index (χ1) is 9.79. The summed E-state index contributed by atoms with van der Waals surface area (Å²) in [5.41, 5.74) is -0.993. The Hall–Kier alpha value is -2.37. The third-order valence-corrected chi connectivity index (χ3v) is 2.93. The Labute approximate surface area is 117 Å². The first-order valence-corrected chi connectivity index (χ1v) is 5.96. The van der Waals surface area contributed by atoms with E-state index in [1.807, 2.05) is 0 Å². The Morgan fingerprint density at radius 3 is 2.38 bits per heavy atom. The van der Waals surface area contributed by atoms with Crippen LogP contribution in [-0.4, -0.2) is 11.1 Å². The molecule has 0 saturated carbocycles. The average molecular weight is 298 g/mol. The van der Waals surface area contributed by atoms with Gasteiger partial charge in [0, 0.05) is 0 Å². The van der Waals surface area contributed by atoms with Gasteiger partial charge in [0.25, 0.3) is 0 Å². The van der Waals surface area contributed by atoms with Crippen molar-refractivity contribution in [1.82, 2.24) is 0 Å². The Morgan fingerprint density at radius 1 is 1.10 bits per heavy atom. The van der Waals surface area contributed by atoms with Crippen molar-refractivity contribution in [3.8, 4) is 11.1 Å². The number of halogens is 4. The zero-order valence-electron chi connectivity index (χ0n) is 10.6. The van der Waals surface area contributed by atoms with E-state index in [4.69, 9.17) is 5.11 Å². The molecule has 2 aromatic rings. The summed E-state index contributed by atoms with van der Waals surface area (Å²) in [6.45, 7) is 0. The van der Waals surface area contributed by atoms with E-state index in [-0.39, 0.29) is 16.7 Å². The molecule has 0 spiro atoms. The molecule has 0 atom stereocenters. The van der Waals surface area contributed by atoms with Gasteiger partial charge in [-0.15, -0.1) is 0 Å². The van der Waals surface area contributed by atoms with Gasteiger partial charge in [0.15, 0.2) is 0 Å². The van der Waals surface area contributed by atoms with Gasteiger partial charge in [0.05, 0.1) is 12.0 Å². The van der Waals surface area contributed by atoms with Crippen molar-refractivity contribution in [2.75, 3.05) is 0 Å². The second-order valence-electron chi connectivity index (χ2n) is 4.42. The Balaban J connectivity index is 2.55. The average Bonchev–Trinajstić information content (AvgIpc) is 2.40. The SMILES string of the molecule is O=C(O)Cc1cc(-c2ccccc2C(F)(F)F)ccc1F. The van der Waals surface area contributed by atoms with Crippen molar-refractivity contribution in [2.24, 2.45) is 0 Å². The molecule has 0 fully saturated rings. The fraction of sp³-hybridized carbons (Fsp3) is 0.133. The summed E-state index contributed by atoms with van der Waals surface area (Å²) in [5, 5.41) is 8.69. The number of alkyl halides is 3. The number of hydrogen-bond donors (Lipinski definition) is 1. The van der Waals surface area contributed by atoms with Crippen molar-refractivity contribution in [2.45, 2.75) is 12.6 Å². The highest BCUT2D eigenvalue weighted by molar-refractivity contribution is 5.73. The first kappa shape index (κ1) is 15.0. The fourth-order valence-corrected chi connectivity index (χ4v) is 2.02. The predicted octanol–water partition coefficient (Wildman–Crippen LogP) is 4.14. The Bertz CT molecular complexity index is 678. The third-order valence-electron chi connectivity index (χ3n) is 2.93. The van der Waals surface area contributed by atoms with Crippen molar-refractivity contribution >= 4 is 5.97 Å². The molecule has 0 aromatic heterocycles. The van der Waals surface area contributed by atoms with E-state index in [1.54, 1.807) is 0 Å². The van der Waals surface area contributed by atoms with Crippen LogP contribution >= 0.6 is 0 Å². The number of carbonyl (C=O) groups is 1. The second kappa shape index (κ2) is 5.55. The van der Waals surface area contributed by atoms with E-state index < -0.39 is 29.9 Å². The molecule has 0 bridgehead atoms. The minimum absolute atomic E-state index is 0.114. The maximum atomic E-state index is 13.5. The van der Waals surface area contributed by atoms with E-state index in [9.17, 15) is 22.4 Å². The number of benzene rings is 2. The van der Waals surface area contributed by atoms with Gasteiger partial charge in [-0.1, -0.05) is 24.3 Å². The molecule has 1 N–H and O–H groups in total. The molecule has 6 heteroatoms. The summed E-state index contributed by atoms with van der Waals surface area (Å²) in [6.07, 6.45) is -5.13. The molecule has 0 radical (unpaired) electrons. The molecular weight excluding hydrogens is 288 g/mol. The van der Waals surface area contributed by atoms with Gasteiger partial charge < -0.3 is 5.11 Å². The minimum Gasteiger partial charge on any atom is -0.481 e. The number of hydrogen-bond acceptors (Lipinski definition) is 1. The minimum atomic E-state index is -4.54.